The molecular formula is C36H40N12NaO12S+. The van der Waals surface area contributed by atoms with Gasteiger partial charge in [-0.25, -0.2) is 33.7 Å². The number of carbonyl (C=O) groups is 6. The fourth-order valence-electron chi connectivity index (χ4n) is 7.02. The van der Waals surface area contributed by atoms with Gasteiger partial charge in [0.1, 0.15) is 6.04 Å². The number of fused-ring (bicyclic) bond motifs is 6. The van der Waals surface area contributed by atoms with Crippen LogP contribution >= 0.6 is 12.3 Å². The van der Waals surface area contributed by atoms with Crippen LogP contribution < -0.4 is 29.6 Å². The number of hydrogen-bond acceptors (Lipinski definition) is 16. The van der Waals surface area contributed by atoms with Crippen LogP contribution in [0.2, 0.25) is 0 Å². The average molecular weight is 888 g/mol. The van der Waals surface area contributed by atoms with E-state index in [0.717, 1.165) is 27.2 Å². The number of carbonyl (C=O) groups excluding carboxylic acids is 6. The van der Waals surface area contributed by atoms with Crippen molar-refractivity contribution in [1.82, 2.24) is 59.2 Å². The maximum absolute atomic E-state index is 12.2. The van der Waals surface area contributed by atoms with Gasteiger partial charge in [0, 0.05) is 38.2 Å². The monoisotopic (exact) mass is 887 g/mol. The van der Waals surface area contributed by atoms with Gasteiger partial charge in [0.2, 0.25) is 12.3 Å². The third-order valence-corrected chi connectivity index (χ3v) is 10.4. The topological polar surface area (TPSA) is 253 Å². The first kappa shape index (κ1) is 46.0. The fourth-order valence-corrected chi connectivity index (χ4v) is 7.31. The van der Waals surface area contributed by atoms with E-state index in [9.17, 15) is 34.0 Å². The Morgan fingerprint density at radius 2 is 1.11 bits per heavy atom. The van der Waals surface area contributed by atoms with Gasteiger partial charge in [-0.3, -0.25) is 24.4 Å². The minimum Gasteiger partial charge on any atom is -0.314 e. The Kier molecular flexibility index (Phi) is 14.6. The predicted molar refractivity (Wildman–Crippen MR) is 209 cm³/mol. The molecule has 2 N–H and O–H groups in total. The van der Waals surface area contributed by atoms with Gasteiger partial charge < -0.3 is 14.7 Å². The van der Waals surface area contributed by atoms with Gasteiger partial charge in [0.15, 0.2) is 17.3 Å². The van der Waals surface area contributed by atoms with Crippen molar-refractivity contribution in [2.24, 2.45) is 0 Å². The molecule has 3 atom stereocenters. The van der Waals surface area contributed by atoms with Gasteiger partial charge in [-0.15, -0.1) is 10.9 Å². The molecule has 3 unspecified atom stereocenters. The van der Waals surface area contributed by atoms with E-state index < -0.39 is 6.03 Å². The fraction of sp³-hybridized carbons (Fsp3) is 0.361. The Morgan fingerprint density at radius 3 is 1.52 bits per heavy atom. The largest absolute Gasteiger partial charge is 1.00 e. The van der Waals surface area contributed by atoms with Gasteiger partial charge in [-0.05, 0) is 39.0 Å². The summed E-state index contributed by atoms with van der Waals surface area (Å²) >= 11 is 0.318. The van der Waals surface area contributed by atoms with Crippen LogP contribution in [-0.4, -0.2) is 169 Å². The van der Waals surface area contributed by atoms with Crippen molar-refractivity contribution in [2.45, 2.75) is 38.9 Å². The molecule has 0 aliphatic carbocycles. The molecule has 62 heavy (non-hydrogen) atoms. The number of rotatable bonds is 13. The molecule has 6 aliphatic rings. The average Bonchev–Trinajstić information content (AvgIpc) is 4.12. The SMILES string of the molecule is C=CCON1C(=O)N2CC(n3cc(C(C)=O)cn3)=CC1C2.CC(=O)c1cnn(C2=CC3CN(C2)C(=O)N3O)c1.CC(=O)c1cnn(C2=CC3CN(C2)C(=O)N3OSOOO)c1.[Na+]. The molecule has 3 saturated heterocycles. The molecule has 3 fully saturated rings. The number of Topliss-reactive ketones (excluding diaryl/α,β-unsaturated/α-hetero) is 3. The Morgan fingerprint density at radius 1 is 0.710 bits per heavy atom. The molecule has 24 nitrogen and oxygen atoms in total. The third kappa shape index (κ3) is 9.76. The summed E-state index contributed by atoms with van der Waals surface area (Å²) in [5.74, 6) is -0.168. The normalized spacial score (nSPS) is 20.8. The summed E-state index contributed by atoms with van der Waals surface area (Å²) in [6.07, 6.45) is 16.6. The summed E-state index contributed by atoms with van der Waals surface area (Å²) in [7, 11) is 0. The number of ketones is 3. The zero-order valence-corrected chi connectivity index (χ0v) is 36.7. The van der Waals surface area contributed by atoms with Gasteiger partial charge in [-0.2, -0.15) is 34.8 Å². The van der Waals surface area contributed by atoms with Crippen LogP contribution in [-0.2, 0) is 18.5 Å². The van der Waals surface area contributed by atoms with Crippen molar-refractivity contribution in [3.8, 4) is 0 Å². The number of hydroxylamine groups is 6. The van der Waals surface area contributed by atoms with Crippen LogP contribution in [0.15, 0.2) is 68.1 Å². The predicted octanol–water partition coefficient (Wildman–Crippen LogP) is -0.434. The molecule has 322 valence electrons. The van der Waals surface area contributed by atoms with E-state index in [4.69, 9.17) is 14.4 Å². The molecular weight excluding hydrogens is 848 g/mol. The quantitative estimate of drug-likeness (QED) is 0.0323. The second-order valence-electron chi connectivity index (χ2n) is 14.2. The van der Waals surface area contributed by atoms with Crippen molar-refractivity contribution in [3.63, 3.8) is 0 Å². The summed E-state index contributed by atoms with van der Waals surface area (Å²) in [4.78, 5) is 79.9. The molecule has 6 bridgehead atoms. The standard InChI is InChI=1S/C14H16N4O3.C11H12N4O6S.C11H12N4O3.Na/c1-3-4-21-18-13-5-12(8-16(9-13)14(18)20)17-7-11(6-15-17)10(2)19;1-7(16)8-3-12-14(4-8)9-2-10-6-13(5-9)11(17)15(10)19-22-21-20-18;1-7(16)8-3-12-14(4-8)9-2-10-6-13(5-9)11(17)15(10)18;/h3,5-7,13H,1,4,8-9H2,2H3;2-4,10,18H,5-6H2,1H3;2-4,10,18H,5-6H2,1H3;/q;;;+1. The smallest absolute Gasteiger partial charge is 0.314 e. The third-order valence-electron chi connectivity index (χ3n) is 10.1. The van der Waals surface area contributed by atoms with E-state index in [2.05, 4.69) is 31.2 Å². The van der Waals surface area contributed by atoms with Crippen LogP contribution in [0.25, 0.3) is 17.1 Å². The number of hydrogen-bond donors (Lipinski definition) is 2. The number of amides is 6. The second kappa shape index (κ2) is 19.7. The molecule has 6 aliphatic heterocycles. The van der Waals surface area contributed by atoms with Crippen molar-refractivity contribution < 1.29 is 87.3 Å². The summed E-state index contributed by atoms with van der Waals surface area (Å²) < 4.78 is 13.9. The first-order valence-corrected chi connectivity index (χ1v) is 19.2. The van der Waals surface area contributed by atoms with Crippen LogP contribution in [0.3, 0.4) is 0 Å². The van der Waals surface area contributed by atoms with Gasteiger partial charge in [-0.1, -0.05) is 11.1 Å². The summed E-state index contributed by atoms with van der Waals surface area (Å²) in [5, 5.41) is 36.6. The van der Waals surface area contributed by atoms with E-state index in [1.54, 1.807) is 54.6 Å². The van der Waals surface area contributed by atoms with Gasteiger partial charge >= 0.3 is 47.7 Å². The molecule has 0 aromatic carbocycles. The zero-order valence-electron chi connectivity index (χ0n) is 33.9. The summed E-state index contributed by atoms with van der Waals surface area (Å²) in [6, 6.07) is -1.73. The van der Waals surface area contributed by atoms with Crippen LogP contribution in [0, 0.1) is 0 Å². The first-order valence-electron chi connectivity index (χ1n) is 18.5. The molecule has 3 aromatic rings. The Hall–Kier alpha value is -5.48. The van der Waals surface area contributed by atoms with Gasteiger partial charge in [0.25, 0.3) is 0 Å². The molecule has 0 spiro atoms. The van der Waals surface area contributed by atoms with Crippen LogP contribution in [0.4, 0.5) is 14.4 Å². The van der Waals surface area contributed by atoms with Crippen molar-refractivity contribution in [2.75, 3.05) is 45.9 Å². The second-order valence-corrected chi connectivity index (χ2v) is 14.6. The molecule has 9 rings (SSSR count). The summed E-state index contributed by atoms with van der Waals surface area (Å²) in [6.45, 7) is 11.0. The van der Waals surface area contributed by atoms with E-state index in [1.165, 1.54) is 49.3 Å². The van der Waals surface area contributed by atoms with Crippen LogP contribution in [0.1, 0.15) is 51.8 Å². The Labute approximate surface area is 379 Å². The Bertz CT molecular complexity index is 2340. The van der Waals surface area contributed by atoms with E-state index >= 15 is 0 Å². The number of nitrogens with zero attached hydrogens (tertiary/aromatic N) is 12. The summed E-state index contributed by atoms with van der Waals surface area (Å²) in [5.41, 5.74) is 3.97. The van der Waals surface area contributed by atoms with E-state index in [1.807, 2.05) is 12.2 Å². The Balaban J connectivity index is 0.000000155. The molecule has 3 aromatic heterocycles. The molecule has 0 radical (unpaired) electrons. The number of urea groups is 3. The van der Waals surface area contributed by atoms with Crippen LogP contribution in [0.5, 0.6) is 0 Å². The maximum Gasteiger partial charge on any atom is 1.00 e. The molecule has 26 heteroatoms. The zero-order chi connectivity index (χ0) is 43.5. The van der Waals surface area contributed by atoms with E-state index in [0.29, 0.717) is 68.3 Å². The molecule has 6 amide bonds. The van der Waals surface area contributed by atoms with E-state index in [-0.39, 0.29) is 83.7 Å². The van der Waals surface area contributed by atoms with Crippen molar-refractivity contribution in [1.29, 1.82) is 0 Å². The molecule has 9 heterocycles. The molecule has 0 saturated carbocycles. The maximum atomic E-state index is 12.2. The van der Waals surface area contributed by atoms with Crippen molar-refractivity contribution in [3.05, 3.63) is 84.8 Å². The minimum atomic E-state index is -0.398. The van der Waals surface area contributed by atoms with Crippen molar-refractivity contribution >= 4 is 64.9 Å². The minimum absolute atomic E-state index is 0. The first-order chi connectivity index (χ1) is 29.3. The van der Waals surface area contributed by atoms with Gasteiger partial charge in [0.05, 0.1) is 90.7 Å². The number of aromatic nitrogens is 6.